The molecule has 3 heteroatoms. The SMILES string of the molecule is CN.c1ccc(N2CC[N+]3(CCCCCC3)CC2)cc1. The predicted octanol–water partition coefficient (Wildman–Crippen LogP) is 2.47. The number of rotatable bonds is 1. The van der Waals surface area contributed by atoms with Crippen molar-refractivity contribution in [2.24, 2.45) is 5.73 Å². The first kappa shape index (κ1) is 15.3. The Morgan fingerprint density at radius 1 is 0.800 bits per heavy atom. The summed E-state index contributed by atoms with van der Waals surface area (Å²) in [5.41, 5.74) is 5.91. The first-order chi connectivity index (χ1) is 9.88. The molecule has 0 amide bonds. The molecule has 1 aromatic carbocycles. The standard InChI is InChI=1S/C16H25N2.CH5N/c1-2-7-13-18(12-6-1)14-10-17(11-15-18)16-8-4-3-5-9-16;1-2/h3-5,8-9H,1-2,6-7,10-15H2;2H2,1H3/q+1;. The van der Waals surface area contributed by atoms with Crippen LogP contribution in [0.4, 0.5) is 5.69 Å². The molecule has 2 N–H and O–H groups in total. The summed E-state index contributed by atoms with van der Waals surface area (Å²) in [6.07, 6.45) is 5.82. The minimum Gasteiger partial charge on any atom is -0.360 e. The van der Waals surface area contributed by atoms with Crippen LogP contribution in [0.25, 0.3) is 0 Å². The third kappa shape index (κ3) is 3.74. The summed E-state index contributed by atoms with van der Waals surface area (Å²) in [6, 6.07) is 10.9. The van der Waals surface area contributed by atoms with E-state index in [0.29, 0.717) is 0 Å². The van der Waals surface area contributed by atoms with Gasteiger partial charge in [-0.05, 0) is 44.9 Å². The van der Waals surface area contributed by atoms with Crippen LogP contribution in [0.2, 0.25) is 0 Å². The van der Waals surface area contributed by atoms with Crippen LogP contribution in [0.3, 0.4) is 0 Å². The van der Waals surface area contributed by atoms with Crippen molar-refractivity contribution < 1.29 is 4.48 Å². The maximum absolute atomic E-state index is 4.50. The van der Waals surface area contributed by atoms with Gasteiger partial charge in [0.1, 0.15) is 0 Å². The maximum Gasteiger partial charge on any atom is 0.0965 e. The summed E-state index contributed by atoms with van der Waals surface area (Å²) in [6.45, 7) is 8.06. The van der Waals surface area contributed by atoms with Crippen LogP contribution in [0.1, 0.15) is 25.7 Å². The van der Waals surface area contributed by atoms with E-state index >= 15 is 0 Å². The third-order valence-electron chi connectivity index (χ3n) is 4.82. The summed E-state index contributed by atoms with van der Waals surface area (Å²) in [4.78, 5) is 2.56. The first-order valence-corrected chi connectivity index (χ1v) is 8.11. The van der Waals surface area contributed by atoms with Crippen LogP contribution in [0.15, 0.2) is 30.3 Å². The summed E-state index contributed by atoms with van der Waals surface area (Å²) in [7, 11) is 1.50. The quantitative estimate of drug-likeness (QED) is 0.799. The predicted molar refractivity (Wildman–Crippen MR) is 87.0 cm³/mol. The fourth-order valence-corrected chi connectivity index (χ4v) is 3.59. The average molecular weight is 276 g/mol. The minimum absolute atomic E-state index is 1.24. The highest BCUT2D eigenvalue weighted by atomic mass is 15.4. The molecule has 0 bridgehead atoms. The summed E-state index contributed by atoms with van der Waals surface area (Å²) < 4.78 is 1.41. The van der Waals surface area contributed by atoms with Crippen molar-refractivity contribution in [1.82, 2.24) is 0 Å². The number of hydrogen-bond acceptors (Lipinski definition) is 2. The van der Waals surface area contributed by atoms with E-state index in [4.69, 9.17) is 0 Å². The Kier molecular flexibility index (Phi) is 5.86. The molecule has 0 atom stereocenters. The van der Waals surface area contributed by atoms with Gasteiger partial charge in [-0.1, -0.05) is 18.2 Å². The Balaban J connectivity index is 0.000000704. The zero-order valence-electron chi connectivity index (χ0n) is 12.9. The summed E-state index contributed by atoms with van der Waals surface area (Å²) >= 11 is 0. The van der Waals surface area contributed by atoms with Crippen LogP contribution in [-0.2, 0) is 0 Å². The molecule has 2 saturated heterocycles. The largest absolute Gasteiger partial charge is 0.360 e. The van der Waals surface area contributed by atoms with Crippen molar-refractivity contribution in [3.8, 4) is 0 Å². The van der Waals surface area contributed by atoms with E-state index in [2.05, 4.69) is 41.0 Å². The Hall–Kier alpha value is -1.06. The Labute approximate surface area is 124 Å². The van der Waals surface area contributed by atoms with E-state index in [1.807, 2.05) is 0 Å². The number of hydrogen-bond donors (Lipinski definition) is 1. The van der Waals surface area contributed by atoms with Crippen molar-refractivity contribution in [3.63, 3.8) is 0 Å². The highest BCUT2D eigenvalue weighted by Crippen LogP contribution is 2.23. The van der Waals surface area contributed by atoms with E-state index in [0.717, 1.165) is 0 Å². The van der Waals surface area contributed by atoms with Crippen LogP contribution in [-0.4, -0.2) is 50.8 Å². The van der Waals surface area contributed by atoms with Crippen molar-refractivity contribution in [2.45, 2.75) is 25.7 Å². The summed E-state index contributed by atoms with van der Waals surface area (Å²) in [5.74, 6) is 0. The molecule has 0 radical (unpaired) electrons. The number of nitrogens with two attached hydrogens (primary N) is 1. The molecule has 0 aliphatic carbocycles. The molecule has 1 spiro atoms. The molecular weight excluding hydrogens is 246 g/mol. The van der Waals surface area contributed by atoms with Gasteiger partial charge in [0.05, 0.1) is 39.3 Å². The third-order valence-corrected chi connectivity index (χ3v) is 4.82. The van der Waals surface area contributed by atoms with Gasteiger partial charge >= 0.3 is 0 Å². The molecule has 1 aromatic rings. The molecule has 2 aliphatic heterocycles. The topological polar surface area (TPSA) is 29.3 Å². The molecule has 0 aromatic heterocycles. The number of anilines is 1. The highest BCUT2D eigenvalue weighted by molar-refractivity contribution is 5.46. The molecule has 2 fully saturated rings. The summed E-state index contributed by atoms with van der Waals surface area (Å²) in [5, 5.41) is 0. The zero-order chi connectivity index (χ0) is 14.3. The van der Waals surface area contributed by atoms with Crippen LogP contribution >= 0.6 is 0 Å². The normalized spacial score (nSPS) is 21.8. The zero-order valence-corrected chi connectivity index (χ0v) is 12.9. The number of nitrogens with zero attached hydrogens (tertiary/aromatic N) is 2. The molecule has 20 heavy (non-hydrogen) atoms. The van der Waals surface area contributed by atoms with E-state index in [9.17, 15) is 0 Å². The second-order valence-electron chi connectivity index (χ2n) is 5.97. The van der Waals surface area contributed by atoms with Crippen LogP contribution in [0.5, 0.6) is 0 Å². The maximum atomic E-state index is 4.50. The molecule has 0 unspecified atom stereocenters. The number of quaternary nitrogens is 1. The molecule has 112 valence electrons. The molecule has 3 nitrogen and oxygen atoms in total. The van der Waals surface area contributed by atoms with Crippen molar-refractivity contribution in [1.29, 1.82) is 0 Å². The fourth-order valence-electron chi connectivity index (χ4n) is 3.59. The Bertz CT molecular complexity index is 359. The van der Waals surface area contributed by atoms with Crippen molar-refractivity contribution in [3.05, 3.63) is 30.3 Å². The Morgan fingerprint density at radius 3 is 1.90 bits per heavy atom. The lowest BCUT2D eigenvalue weighted by Gasteiger charge is -2.45. The van der Waals surface area contributed by atoms with Gasteiger partial charge in [0.2, 0.25) is 0 Å². The van der Waals surface area contributed by atoms with Gasteiger partial charge in [0.15, 0.2) is 0 Å². The molecule has 2 heterocycles. The Morgan fingerprint density at radius 2 is 1.35 bits per heavy atom. The van der Waals surface area contributed by atoms with E-state index in [1.54, 1.807) is 0 Å². The number of piperazine rings is 1. The van der Waals surface area contributed by atoms with Gasteiger partial charge in [-0.15, -0.1) is 0 Å². The lowest BCUT2D eigenvalue weighted by molar-refractivity contribution is -0.927. The lowest BCUT2D eigenvalue weighted by Crippen LogP contribution is -2.60. The van der Waals surface area contributed by atoms with Gasteiger partial charge in [-0.2, -0.15) is 0 Å². The van der Waals surface area contributed by atoms with Gasteiger partial charge in [0.25, 0.3) is 0 Å². The minimum atomic E-state index is 1.24. The van der Waals surface area contributed by atoms with E-state index < -0.39 is 0 Å². The second kappa shape index (κ2) is 7.65. The van der Waals surface area contributed by atoms with Crippen molar-refractivity contribution in [2.75, 3.05) is 51.2 Å². The smallest absolute Gasteiger partial charge is 0.0965 e. The average Bonchev–Trinajstić information content (AvgIpc) is 2.77. The molecule has 0 saturated carbocycles. The van der Waals surface area contributed by atoms with E-state index in [1.165, 1.54) is 82.2 Å². The van der Waals surface area contributed by atoms with E-state index in [-0.39, 0.29) is 0 Å². The first-order valence-electron chi connectivity index (χ1n) is 8.11. The number of benzene rings is 1. The number of para-hydroxylation sites is 1. The molecule has 3 rings (SSSR count). The van der Waals surface area contributed by atoms with Gasteiger partial charge in [-0.25, -0.2) is 0 Å². The highest BCUT2D eigenvalue weighted by Gasteiger charge is 2.33. The van der Waals surface area contributed by atoms with Gasteiger partial charge < -0.3 is 15.1 Å². The molecule has 2 aliphatic rings. The second-order valence-corrected chi connectivity index (χ2v) is 5.97. The van der Waals surface area contributed by atoms with Gasteiger partial charge in [-0.3, -0.25) is 0 Å². The van der Waals surface area contributed by atoms with Gasteiger partial charge in [0, 0.05) is 5.69 Å². The molecular formula is C17H30N3+. The monoisotopic (exact) mass is 276 g/mol. The fraction of sp³-hybridized carbons (Fsp3) is 0.647. The lowest BCUT2D eigenvalue weighted by atomic mass is 10.2. The van der Waals surface area contributed by atoms with Crippen LogP contribution in [0, 0.1) is 0 Å². The van der Waals surface area contributed by atoms with Crippen molar-refractivity contribution >= 4 is 5.69 Å². The van der Waals surface area contributed by atoms with Crippen LogP contribution < -0.4 is 10.6 Å².